The van der Waals surface area contributed by atoms with Crippen molar-refractivity contribution in [2.24, 2.45) is 10.9 Å². The van der Waals surface area contributed by atoms with E-state index >= 15 is 0 Å². The third kappa shape index (κ3) is 7.87. The monoisotopic (exact) mass is 690 g/mol. The number of nitrogens with zero attached hydrogens (tertiary/aromatic N) is 7. The van der Waals surface area contributed by atoms with Crippen molar-refractivity contribution in [1.82, 2.24) is 34.6 Å². The molecule has 18 heteroatoms. The molecule has 0 aliphatic rings. The van der Waals surface area contributed by atoms with E-state index in [1.165, 1.54) is 53.5 Å². The number of sulfonamides is 1. The van der Waals surface area contributed by atoms with E-state index in [1.807, 2.05) is 18.6 Å². The molecule has 0 aliphatic carbocycles. The summed E-state index contributed by atoms with van der Waals surface area (Å²) < 4.78 is 85.5. The van der Waals surface area contributed by atoms with Crippen LogP contribution in [0.3, 0.4) is 0 Å². The van der Waals surface area contributed by atoms with Gasteiger partial charge in [0, 0.05) is 34.9 Å². The van der Waals surface area contributed by atoms with E-state index in [0.29, 0.717) is 17.9 Å². The van der Waals surface area contributed by atoms with Crippen molar-refractivity contribution in [3.63, 3.8) is 0 Å². The lowest BCUT2D eigenvalue weighted by molar-refractivity contribution is -0.141. The minimum Gasteiger partial charge on any atom is -0.501 e. The molecule has 0 aromatic carbocycles. The smallest absolute Gasteiger partial charge is 0.435 e. The number of carbonyl (C=O) groups is 1. The Kier molecular flexibility index (Phi) is 10.4. The van der Waals surface area contributed by atoms with E-state index in [0.717, 1.165) is 10.7 Å². The van der Waals surface area contributed by atoms with Gasteiger partial charge in [-0.05, 0) is 58.2 Å². The van der Waals surface area contributed by atoms with Crippen LogP contribution in [-0.2, 0) is 20.9 Å². The van der Waals surface area contributed by atoms with Gasteiger partial charge < -0.3 is 14.0 Å². The number of allylic oxidation sites excluding steroid dienone is 2. The van der Waals surface area contributed by atoms with Gasteiger partial charge in [-0.15, -0.1) is 0 Å². The summed E-state index contributed by atoms with van der Waals surface area (Å²) in [6.45, 7) is 9.89. The molecule has 256 valence electrons. The van der Waals surface area contributed by atoms with E-state index < -0.39 is 27.8 Å². The van der Waals surface area contributed by atoms with Crippen LogP contribution in [0.4, 0.5) is 19.1 Å². The van der Waals surface area contributed by atoms with Crippen LogP contribution in [0.1, 0.15) is 60.4 Å². The summed E-state index contributed by atoms with van der Waals surface area (Å²) in [5, 5.41) is 7.37. The highest BCUT2D eigenvalue weighted by atomic mass is 32.2. The van der Waals surface area contributed by atoms with Gasteiger partial charge in [0.1, 0.15) is 11.3 Å². The van der Waals surface area contributed by atoms with Crippen molar-refractivity contribution >= 4 is 27.6 Å². The first-order valence-corrected chi connectivity index (χ1v) is 15.8. The number of aliphatic imine (C=N–C) groups is 1. The second kappa shape index (κ2) is 13.9. The van der Waals surface area contributed by atoms with Gasteiger partial charge in [-0.3, -0.25) is 4.79 Å². The number of carbonyl (C=O) groups excluding carboxylic acids is 1. The van der Waals surface area contributed by atoms with E-state index in [-0.39, 0.29) is 62.3 Å². The first kappa shape index (κ1) is 35.7. The minimum absolute atomic E-state index is 0.0339. The molecule has 0 radical (unpaired) electrons. The molecule has 0 atom stereocenters. The summed E-state index contributed by atoms with van der Waals surface area (Å²) in [5.74, 6) is -0.834. The zero-order valence-corrected chi connectivity index (χ0v) is 28.1. The van der Waals surface area contributed by atoms with Crippen LogP contribution in [0.5, 0.6) is 5.88 Å². The van der Waals surface area contributed by atoms with Crippen LogP contribution < -0.4 is 9.46 Å². The third-order valence-corrected chi connectivity index (χ3v) is 8.33. The number of halogens is 3. The molecule has 4 rings (SSSR count). The Morgan fingerprint density at radius 3 is 2.42 bits per heavy atom. The lowest BCUT2D eigenvalue weighted by atomic mass is 10.1. The lowest BCUT2D eigenvalue weighted by Gasteiger charge is -2.14. The molecule has 0 unspecified atom stereocenters. The number of aryl methyl sites for hydroxylation is 3. The van der Waals surface area contributed by atoms with E-state index in [1.54, 1.807) is 13.0 Å². The van der Waals surface area contributed by atoms with Crippen molar-refractivity contribution in [3.05, 3.63) is 64.8 Å². The largest absolute Gasteiger partial charge is 0.501 e. The van der Waals surface area contributed by atoms with Crippen molar-refractivity contribution in [2.45, 2.75) is 59.0 Å². The molecule has 4 heterocycles. The highest BCUT2D eigenvalue weighted by Gasteiger charge is 2.35. The summed E-state index contributed by atoms with van der Waals surface area (Å²) in [6.07, 6.45) is 0.0184. The number of nitrogens with one attached hydrogen (secondary N) is 1. The molecule has 14 nitrogen and oxygen atoms in total. The Morgan fingerprint density at radius 2 is 1.85 bits per heavy atom. The van der Waals surface area contributed by atoms with Gasteiger partial charge in [0.15, 0.2) is 22.2 Å². The van der Waals surface area contributed by atoms with Crippen molar-refractivity contribution in [3.8, 4) is 22.8 Å². The molecule has 0 bridgehead atoms. The number of rotatable bonds is 11. The van der Waals surface area contributed by atoms with Gasteiger partial charge in [-0.25, -0.2) is 32.8 Å². The number of hydrogen-bond acceptors (Lipinski definition) is 12. The summed E-state index contributed by atoms with van der Waals surface area (Å²) >= 11 is 0. The molecule has 0 spiro atoms. The Balaban J connectivity index is 1.90. The van der Waals surface area contributed by atoms with Gasteiger partial charge in [0.25, 0.3) is 21.9 Å². The first-order valence-electron chi connectivity index (χ1n) is 14.3. The third-order valence-electron chi connectivity index (χ3n) is 6.75. The van der Waals surface area contributed by atoms with Crippen LogP contribution in [0.2, 0.25) is 0 Å². The molecule has 4 aromatic rings. The molecule has 4 aromatic heterocycles. The molecule has 0 aliphatic heterocycles. The quantitative estimate of drug-likeness (QED) is 0.156. The molecule has 0 saturated carbocycles. The molecule has 0 saturated heterocycles. The normalized spacial score (nSPS) is 12.8. The lowest BCUT2D eigenvalue weighted by Crippen LogP contribution is -2.31. The molecule has 0 fully saturated rings. The van der Waals surface area contributed by atoms with E-state index in [4.69, 9.17) is 14.0 Å². The number of hydrogen-bond donors (Lipinski definition) is 1. The van der Waals surface area contributed by atoms with Crippen LogP contribution in [0, 0.1) is 26.7 Å². The second-order valence-electron chi connectivity index (χ2n) is 11.0. The van der Waals surface area contributed by atoms with Crippen molar-refractivity contribution in [2.75, 3.05) is 14.2 Å². The number of aromatic nitrogens is 6. The Bertz CT molecular complexity index is 2000. The second-order valence-corrected chi connectivity index (χ2v) is 12.6. The van der Waals surface area contributed by atoms with E-state index in [9.17, 15) is 26.4 Å². The number of pyridine rings is 1. The number of amides is 1. The Labute approximate surface area is 274 Å². The van der Waals surface area contributed by atoms with Crippen LogP contribution in [-0.4, -0.2) is 64.1 Å². The van der Waals surface area contributed by atoms with Crippen LogP contribution in [0.15, 0.2) is 50.8 Å². The highest BCUT2D eigenvalue weighted by molar-refractivity contribution is 7.90. The van der Waals surface area contributed by atoms with Gasteiger partial charge in [-0.2, -0.15) is 23.3 Å². The summed E-state index contributed by atoms with van der Waals surface area (Å²) in [6, 6.07) is 2.10. The topological polar surface area (TPSA) is 177 Å². The van der Waals surface area contributed by atoms with Crippen LogP contribution >= 0.6 is 0 Å². The van der Waals surface area contributed by atoms with Crippen molar-refractivity contribution in [1.29, 1.82) is 0 Å². The van der Waals surface area contributed by atoms with Crippen LogP contribution in [0.25, 0.3) is 16.9 Å². The predicted octanol–water partition coefficient (Wildman–Crippen LogP) is 5.45. The highest BCUT2D eigenvalue weighted by Crippen LogP contribution is 2.33. The predicted molar refractivity (Wildman–Crippen MR) is 167 cm³/mol. The maximum atomic E-state index is 13.7. The van der Waals surface area contributed by atoms with Gasteiger partial charge in [0.2, 0.25) is 5.88 Å². The SMILES string of the molecule is CO/C(C)=C/C(CC(C)C)=Nc1ncc(-c2cnc(OC)c(C(=O)NS(=O)(=O)c3c(C)noc3C)c2)c(-n2nc(C(F)(F)F)cc2C)n1. The number of ether oxygens (including phenoxy) is 2. The fraction of sp³-hybridized carbons (Fsp3) is 0.367. The Morgan fingerprint density at radius 1 is 1.15 bits per heavy atom. The molecule has 48 heavy (non-hydrogen) atoms. The maximum Gasteiger partial charge on any atom is 0.435 e. The van der Waals surface area contributed by atoms with Gasteiger partial charge in [0.05, 0.1) is 20.0 Å². The molecular formula is C30H33F3N8O6S. The first-order chi connectivity index (χ1) is 22.4. The van der Waals surface area contributed by atoms with Gasteiger partial charge in [-0.1, -0.05) is 19.0 Å². The zero-order chi connectivity index (χ0) is 35.6. The molecule has 1 N–H and O–H groups in total. The maximum absolute atomic E-state index is 13.7. The Hall–Kier alpha value is -5.13. The average molecular weight is 691 g/mol. The number of methoxy groups -OCH3 is 2. The average Bonchev–Trinajstić information content (AvgIpc) is 3.57. The summed E-state index contributed by atoms with van der Waals surface area (Å²) in [7, 11) is -1.72. The fourth-order valence-corrected chi connectivity index (χ4v) is 5.90. The minimum atomic E-state index is -4.75. The van der Waals surface area contributed by atoms with E-state index in [2.05, 4.69) is 30.2 Å². The standard InChI is InChI=1S/C30H33F3N8O6S/c1-15(2)9-21(11-17(4)45-7)36-29-35-14-23(26(37-29)41-16(3)10-24(38-41)30(31,32)33)20-12-22(28(46-8)34-13-20)27(42)40-48(43,44)25-18(5)39-47-19(25)6/h10-15H,9H2,1-8H3,(H,40,42)/b17-11+,36-21?. The molecular weight excluding hydrogens is 657 g/mol. The summed E-state index contributed by atoms with van der Waals surface area (Å²) in [5.41, 5.74) is -0.575. The fourth-order valence-electron chi connectivity index (χ4n) is 4.60. The van der Waals surface area contributed by atoms with Gasteiger partial charge >= 0.3 is 6.18 Å². The molecule has 1 amide bonds. The summed E-state index contributed by atoms with van der Waals surface area (Å²) in [4.78, 5) is 30.6. The number of alkyl halides is 3. The van der Waals surface area contributed by atoms with Crippen molar-refractivity contribution < 1.29 is 40.4 Å². The zero-order valence-electron chi connectivity index (χ0n) is 27.3.